The Morgan fingerprint density at radius 3 is 2.38 bits per heavy atom. The lowest BCUT2D eigenvalue weighted by molar-refractivity contribution is 0.566. The van der Waals surface area contributed by atoms with E-state index in [1.165, 1.54) is 0 Å². The van der Waals surface area contributed by atoms with Gasteiger partial charge >= 0.3 is 0 Å². The van der Waals surface area contributed by atoms with Crippen molar-refractivity contribution in [2.75, 3.05) is 0 Å². The van der Waals surface area contributed by atoms with Gasteiger partial charge in [0.2, 0.25) is 10.0 Å². The molecule has 0 spiro atoms. The van der Waals surface area contributed by atoms with E-state index >= 15 is 0 Å². The van der Waals surface area contributed by atoms with Crippen LogP contribution in [0.5, 0.6) is 0 Å². The molecule has 2 aromatic rings. The van der Waals surface area contributed by atoms with Crippen molar-refractivity contribution in [3.8, 4) is 0 Å². The van der Waals surface area contributed by atoms with E-state index in [-0.39, 0.29) is 10.9 Å². The van der Waals surface area contributed by atoms with Gasteiger partial charge in [-0.05, 0) is 38.0 Å². The molecule has 0 aliphatic rings. The Balaban J connectivity index is 2.22. The molecule has 2 rings (SSSR count). The highest BCUT2D eigenvalue weighted by atomic mass is 32.2. The Kier molecular flexibility index (Phi) is 4.49. The highest BCUT2D eigenvalue weighted by Gasteiger charge is 2.20. The van der Waals surface area contributed by atoms with Crippen molar-refractivity contribution in [2.24, 2.45) is 7.05 Å². The number of sulfonamides is 1. The SMILES string of the molecule is CCc1ccc(S(=O)(=O)NC(C)c2cnn(C)c2C)cc1. The van der Waals surface area contributed by atoms with E-state index in [1.807, 2.05) is 40.0 Å². The Morgan fingerprint density at radius 2 is 1.90 bits per heavy atom. The van der Waals surface area contributed by atoms with E-state index in [2.05, 4.69) is 9.82 Å². The lowest BCUT2D eigenvalue weighted by Crippen LogP contribution is -2.27. The molecule has 0 fully saturated rings. The molecular formula is C15H21N3O2S. The van der Waals surface area contributed by atoms with E-state index < -0.39 is 10.0 Å². The zero-order valence-corrected chi connectivity index (χ0v) is 13.6. The molecule has 1 heterocycles. The Labute approximate surface area is 126 Å². The number of hydrogen-bond donors (Lipinski definition) is 1. The first-order valence-electron chi connectivity index (χ1n) is 6.95. The molecular weight excluding hydrogens is 286 g/mol. The molecule has 5 nitrogen and oxygen atoms in total. The van der Waals surface area contributed by atoms with Gasteiger partial charge in [-0.1, -0.05) is 19.1 Å². The Bertz CT molecular complexity index is 718. The van der Waals surface area contributed by atoms with Crippen LogP contribution in [0, 0.1) is 6.92 Å². The molecule has 21 heavy (non-hydrogen) atoms. The van der Waals surface area contributed by atoms with Crippen LogP contribution in [0.4, 0.5) is 0 Å². The average Bonchev–Trinajstić information content (AvgIpc) is 2.78. The molecule has 1 atom stereocenters. The van der Waals surface area contributed by atoms with Gasteiger partial charge in [-0.3, -0.25) is 4.68 Å². The standard InChI is InChI=1S/C15H21N3O2S/c1-5-13-6-8-14(9-7-13)21(19,20)17-11(2)15-10-16-18(4)12(15)3/h6-11,17H,5H2,1-4H3. The van der Waals surface area contributed by atoms with E-state index in [0.717, 1.165) is 23.2 Å². The Hall–Kier alpha value is -1.66. The van der Waals surface area contributed by atoms with Gasteiger partial charge in [0.05, 0.1) is 11.1 Å². The van der Waals surface area contributed by atoms with E-state index in [0.29, 0.717) is 0 Å². The number of benzene rings is 1. The number of nitrogens with one attached hydrogen (secondary N) is 1. The van der Waals surface area contributed by atoms with Gasteiger partial charge in [0.1, 0.15) is 0 Å². The van der Waals surface area contributed by atoms with Crippen molar-refractivity contribution in [3.05, 3.63) is 47.3 Å². The molecule has 0 amide bonds. The number of rotatable bonds is 5. The molecule has 1 N–H and O–H groups in total. The lowest BCUT2D eigenvalue weighted by Gasteiger charge is -2.14. The number of aromatic nitrogens is 2. The van der Waals surface area contributed by atoms with E-state index in [9.17, 15) is 8.42 Å². The summed E-state index contributed by atoms with van der Waals surface area (Å²) in [5, 5.41) is 4.14. The molecule has 1 aromatic carbocycles. The third-order valence-electron chi connectivity index (χ3n) is 3.71. The molecule has 1 aromatic heterocycles. The molecule has 6 heteroatoms. The fourth-order valence-electron chi connectivity index (χ4n) is 2.21. The van der Waals surface area contributed by atoms with Crippen molar-refractivity contribution < 1.29 is 8.42 Å². The first kappa shape index (κ1) is 15.7. The minimum atomic E-state index is -3.53. The summed E-state index contributed by atoms with van der Waals surface area (Å²) < 4.78 is 29.2. The predicted octanol–water partition coefficient (Wildman–Crippen LogP) is 2.33. The van der Waals surface area contributed by atoms with E-state index in [4.69, 9.17) is 0 Å². The molecule has 0 aliphatic heterocycles. The van der Waals surface area contributed by atoms with Crippen molar-refractivity contribution in [1.29, 1.82) is 0 Å². The maximum atomic E-state index is 12.4. The molecule has 1 unspecified atom stereocenters. The van der Waals surface area contributed by atoms with Gasteiger partial charge in [0.15, 0.2) is 0 Å². The predicted molar refractivity (Wildman–Crippen MR) is 82.5 cm³/mol. The van der Waals surface area contributed by atoms with Crippen LogP contribution < -0.4 is 4.72 Å². The smallest absolute Gasteiger partial charge is 0.241 e. The maximum absolute atomic E-state index is 12.4. The highest BCUT2D eigenvalue weighted by molar-refractivity contribution is 7.89. The maximum Gasteiger partial charge on any atom is 0.241 e. The van der Waals surface area contributed by atoms with Crippen molar-refractivity contribution in [2.45, 2.75) is 38.1 Å². The lowest BCUT2D eigenvalue weighted by atomic mass is 10.1. The highest BCUT2D eigenvalue weighted by Crippen LogP contribution is 2.19. The van der Waals surface area contributed by atoms with Crippen LogP contribution in [0.1, 0.15) is 36.7 Å². The Morgan fingerprint density at radius 1 is 1.29 bits per heavy atom. The topological polar surface area (TPSA) is 64.0 Å². The van der Waals surface area contributed by atoms with Gasteiger partial charge in [0.25, 0.3) is 0 Å². The van der Waals surface area contributed by atoms with Gasteiger partial charge in [-0.15, -0.1) is 0 Å². The van der Waals surface area contributed by atoms with E-state index in [1.54, 1.807) is 23.0 Å². The number of nitrogens with zero attached hydrogens (tertiary/aromatic N) is 2. The third-order valence-corrected chi connectivity index (χ3v) is 5.27. The minimum Gasteiger partial charge on any atom is -0.273 e. The zero-order chi connectivity index (χ0) is 15.6. The molecule has 0 aliphatic carbocycles. The van der Waals surface area contributed by atoms with Crippen molar-refractivity contribution in [3.63, 3.8) is 0 Å². The summed E-state index contributed by atoms with van der Waals surface area (Å²) in [6.45, 7) is 5.78. The molecule has 114 valence electrons. The summed E-state index contributed by atoms with van der Waals surface area (Å²) in [6.07, 6.45) is 2.59. The van der Waals surface area contributed by atoms with Crippen LogP contribution >= 0.6 is 0 Å². The number of hydrogen-bond acceptors (Lipinski definition) is 3. The molecule has 0 bridgehead atoms. The monoisotopic (exact) mass is 307 g/mol. The first-order valence-corrected chi connectivity index (χ1v) is 8.43. The fraction of sp³-hybridized carbons (Fsp3) is 0.400. The van der Waals surface area contributed by atoms with Crippen LogP contribution in [0.25, 0.3) is 0 Å². The number of aryl methyl sites for hydroxylation is 2. The van der Waals surface area contributed by atoms with Crippen LogP contribution in [0.15, 0.2) is 35.4 Å². The van der Waals surface area contributed by atoms with Crippen molar-refractivity contribution >= 4 is 10.0 Å². The second kappa shape index (κ2) is 5.99. The molecule has 0 saturated carbocycles. The minimum absolute atomic E-state index is 0.285. The summed E-state index contributed by atoms with van der Waals surface area (Å²) >= 11 is 0. The van der Waals surface area contributed by atoms with Gasteiger partial charge in [-0.25, -0.2) is 13.1 Å². The zero-order valence-electron chi connectivity index (χ0n) is 12.8. The fourth-order valence-corrected chi connectivity index (χ4v) is 3.43. The van der Waals surface area contributed by atoms with Crippen LogP contribution in [0.3, 0.4) is 0 Å². The van der Waals surface area contributed by atoms with Gasteiger partial charge < -0.3 is 0 Å². The molecule has 0 radical (unpaired) electrons. The molecule has 0 saturated heterocycles. The van der Waals surface area contributed by atoms with Crippen molar-refractivity contribution in [1.82, 2.24) is 14.5 Å². The summed E-state index contributed by atoms with van der Waals surface area (Å²) in [7, 11) is -1.69. The van der Waals surface area contributed by atoms with Gasteiger partial charge in [-0.2, -0.15) is 5.10 Å². The summed E-state index contributed by atoms with van der Waals surface area (Å²) in [4.78, 5) is 0.285. The normalized spacial score (nSPS) is 13.3. The summed E-state index contributed by atoms with van der Waals surface area (Å²) in [6, 6.07) is 6.64. The van der Waals surface area contributed by atoms with Gasteiger partial charge in [0, 0.05) is 24.3 Å². The van der Waals surface area contributed by atoms with Crippen LogP contribution in [0.2, 0.25) is 0 Å². The summed E-state index contributed by atoms with van der Waals surface area (Å²) in [5.41, 5.74) is 2.95. The third kappa shape index (κ3) is 3.33. The van der Waals surface area contributed by atoms with Crippen LogP contribution in [-0.4, -0.2) is 18.2 Å². The average molecular weight is 307 g/mol. The largest absolute Gasteiger partial charge is 0.273 e. The second-order valence-electron chi connectivity index (χ2n) is 5.15. The summed E-state index contributed by atoms with van der Waals surface area (Å²) in [5.74, 6) is 0. The quantitative estimate of drug-likeness (QED) is 0.922. The van der Waals surface area contributed by atoms with Crippen LogP contribution in [-0.2, 0) is 23.5 Å². The first-order chi connectivity index (χ1) is 9.85. The second-order valence-corrected chi connectivity index (χ2v) is 6.86.